The lowest BCUT2D eigenvalue weighted by Crippen LogP contribution is -2.47. The van der Waals surface area contributed by atoms with Gasteiger partial charge < -0.3 is 5.32 Å². The highest BCUT2D eigenvalue weighted by Gasteiger charge is 2.42. The Morgan fingerprint density at radius 3 is 2.52 bits per heavy atom. The zero-order chi connectivity index (χ0) is 14.7. The molecular formula is C18H24N2S. The summed E-state index contributed by atoms with van der Waals surface area (Å²) in [4.78, 5) is 4.67. The number of thiazole rings is 1. The van der Waals surface area contributed by atoms with Crippen LogP contribution in [0.25, 0.3) is 0 Å². The second-order valence-electron chi connectivity index (χ2n) is 6.13. The summed E-state index contributed by atoms with van der Waals surface area (Å²) in [6.45, 7) is 2.09. The Morgan fingerprint density at radius 1 is 1.24 bits per heavy atom. The largest absolute Gasteiger partial charge is 0.316 e. The summed E-state index contributed by atoms with van der Waals surface area (Å²) in [6.07, 6.45) is 6.26. The molecule has 1 unspecified atom stereocenters. The van der Waals surface area contributed by atoms with Crippen LogP contribution < -0.4 is 5.32 Å². The van der Waals surface area contributed by atoms with Gasteiger partial charge in [0.25, 0.3) is 0 Å². The molecule has 0 radical (unpaired) electrons. The van der Waals surface area contributed by atoms with E-state index in [4.69, 9.17) is 0 Å². The first kappa shape index (κ1) is 14.7. The number of hydrogen-bond acceptors (Lipinski definition) is 3. The summed E-state index contributed by atoms with van der Waals surface area (Å²) in [6, 6.07) is 11.5. The summed E-state index contributed by atoms with van der Waals surface area (Å²) < 4.78 is 0. The Balaban J connectivity index is 1.91. The van der Waals surface area contributed by atoms with Crippen LogP contribution in [0.3, 0.4) is 0 Å². The van der Waals surface area contributed by atoms with Crippen LogP contribution in [0.1, 0.15) is 41.9 Å². The molecule has 3 heteroatoms. The van der Waals surface area contributed by atoms with Crippen molar-refractivity contribution < 1.29 is 0 Å². The molecule has 0 bridgehead atoms. The van der Waals surface area contributed by atoms with Crippen molar-refractivity contribution >= 4 is 11.3 Å². The number of aromatic nitrogens is 1. The number of hydrogen-bond donors (Lipinski definition) is 1. The number of benzene rings is 1. The average Bonchev–Trinajstić information content (AvgIpc) is 3.15. The van der Waals surface area contributed by atoms with Crippen molar-refractivity contribution in [3.05, 3.63) is 52.0 Å². The third-order valence-corrected chi connectivity index (χ3v) is 5.76. The van der Waals surface area contributed by atoms with Gasteiger partial charge in [-0.2, -0.15) is 0 Å². The molecule has 0 spiro atoms. The van der Waals surface area contributed by atoms with E-state index in [2.05, 4.69) is 60.0 Å². The average molecular weight is 300 g/mol. The Morgan fingerprint density at radius 2 is 1.95 bits per heavy atom. The van der Waals surface area contributed by atoms with Gasteiger partial charge in [-0.15, -0.1) is 11.3 Å². The van der Waals surface area contributed by atoms with E-state index < -0.39 is 0 Å². The molecule has 0 aliphatic heterocycles. The highest BCUT2D eigenvalue weighted by Crippen LogP contribution is 2.44. The summed E-state index contributed by atoms with van der Waals surface area (Å²) in [5.74, 6) is 0. The first-order valence-corrected chi connectivity index (χ1v) is 8.76. The van der Waals surface area contributed by atoms with Crippen molar-refractivity contribution in [2.75, 3.05) is 7.05 Å². The molecule has 1 N–H and O–H groups in total. The van der Waals surface area contributed by atoms with E-state index in [0.29, 0.717) is 6.04 Å². The molecule has 112 valence electrons. The maximum absolute atomic E-state index is 4.67. The first-order valence-electron chi connectivity index (χ1n) is 7.88. The molecular weight excluding hydrogens is 276 g/mol. The monoisotopic (exact) mass is 300 g/mol. The Bertz CT molecular complexity index is 570. The molecule has 0 amide bonds. The normalized spacial score (nSPS) is 18.8. The topological polar surface area (TPSA) is 24.9 Å². The van der Waals surface area contributed by atoms with Gasteiger partial charge in [-0.3, -0.25) is 0 Å². The minimum atomic E-state index is 0.271. The van der Waals surface area contributed by atoms with Crippen molar-refractivity contribution in [3.8, 4) is 0 Å². The van der Waals surface area contributed by atoms with Crippen molar-refractivity contribution in [1.29, 1.82) is 0 Å². The number of rotatable bonds is 5. The molecule has 3 rings (SSSR count). The van der Waals surface area contributed by atoms with Crippen LogP contribution in [-0.4, -0.2) is 18.1 Å². The van der Waals surface area contributed by atoms with E-state index in [1.165, 1.54) is 41.9 Å². The summed E-state index contributed by atoms with van der Waals surface area (Å²) in [5, 5.41) is 6.99. The molecule has 1 aromatic carbocycles. The van der Waals surface area contributed by atoms with Gasteiger partial charge in [0.15, 0.2) is 0 Å². The highest BCUT2D eigenvalue weighted by molar-refractivity contribution is 7.09. The summed E-state index contributed by atoms with van der Waals surface area (Å²) in [5.41, 5.74) is 3.00. The van der Waals surface area contributed by atoms with E-state index in [0.717, 1.165) is 6.42 Å². The third kappa shape index (κ3) is 2.90. The molecule has 1 aromatic heterocycles. The van der Waals surface area contributed by atoms with Gasteiger partial charge >= 0.3 is 0 Å². The molecule has 0 saturated heterocycles. The van der Waals surface area contributed by atoms with Crippen molar-refractivity contribution in [1.82, 2.24) is 10.3 Å². The minimum Gasteiger partial charge on any atom is -0.316 e. The van der Waals surface area contributed by atoms with Gasteiger partial charge in [-0.05, 0) is 32.4 Å². The van der Waals surface area contributed by atoms with Crippen LogP contribution in [0.2, 0.25) is 0 Å². The Kier molecular flexibility index (Phi) is 4.41. The minimum absolute atomic E-state index is 0.271. The van der Waals surface area contributed by atoms with Crippen LogP contribution in [0.15, 0.2) is 35.7 Å². The van der Waals surface area contributed by atoms with E-state index in [1.54, 1.807) is 11.3 Å². The maximum atomic E-state index is 4.67. The zero-order valence-corrected chi connectivity index (χ0v) is 13.7. The fourth-order valence-electron chi connectivity index (χ4n) is 3.90. The third-order valence-electron chi connectivity index (χ3n) is 4.94. The molecule has 21 heavy (non-hydrogen) atoms. The van der Waals surface area contributed by atoms with E-state index in [9.17, 15) is 0 Å². The fraction of sp³-hybridized carbons (Fsp3) is 0.500. The van der Waals surface area contributed by atoms with Crippen LogP contribution in [0.4, 0.5) is 0 Å². The van der Waals surface area contributed by atoms with Gasteiger partial charge in [0, 0.05) is 23.3 Å². The molecule has 2 aromatic rings. The zero-order valence-electron chi connectivity index (χ0n) is 12.9. The Labute approximate surface area is 131 Å². The lowest BCUT2D eigenvalue weighted by atomic mass is 9.71. The van der Waals surface area contributed by atoms with Crippen molar-refractivity contribution in [3.63, 3.8) is 0 Å². The molecule has 1 atom stereocenters. The van der Waals surface area contributed by atoms with E-state index in [-0.39, 0.29) is 5.41 Å². The molecule has 1 aliphatic rings. The second-order valence-corrected chi connectivity index (χ2v) is 7.19. The smallest absolute Gasteiger partial charge is 0.0897 e. The van der Waals surface area contributed by atoms with Crippen molar-refractivity contribution in [2.45, 2.75) is 50.5 Å². The van der Waals surface area contributed by atoms with E-state index in [1.807, 2.05) is 0 Å². The van der Waals surface area contributed by atoms with Gasteiger partial charge in [-0.25, -0.2) is 4.98 Å². The number of nitrogens with zero attached hydrogens (tertiary/aromatic N) is 1. The van der Waals surface area contributed by atoms with Crippen LogP contribution >= 0.6 is 11.3 Å². The fourth-order valence-corrected chi connectivity index (χ4v) is 4.52. The van der Waals surface area contributed by atoms with Gasteiger partial charge in [-0.1, -0.05) is 43.2 Å². The Hall–Kier alpha value is -1.19. The van der Waals surface area contributed by atoms with Gasteiger partial charge in [0.1, 0.15) is 0 Å². The van der Waals surface area contributed by atoms with Crippen LogP contribution in [-0.2, 0) is 11.8 Å². The highest BCUT2D eigenvalue weighted by atomic mass is 32.1. The quantitative estimate of drug-likeness (QED) is 0.899. The number of nitrogens with one attached hydrogen (secondary N) is 1. The molecule has 1 heterocycles. The SMILES string of the molecule is CNC(Cc1csc(C)n1)C1(c2ccccc2)CCCC1. The van der Waals surface area contributed by atoms with Crippen LogP contribution in [0.5, 0.6) is 0 Å². The van der Waals surface area contributed by atoms with Crippen LogP contribution in [0, 0.1) is 6.92 Å². The first-order chi connectivity index (χ1) is 10.2. The lowest BCUT2D eigenvalue weighted by molar-refractivity contribution is 0.306. The summed E-state index contributed by atoms with van der Waals surface area (Å²) >= 11 is 1.76. The molecule has 1 aliphatic carbocycles. The van der Waals surface area contributed by atoms with Crippen molar-refractivity contribution in [2.24, 2.45) is 0 Å². The molecule has 2 nitrogen and oxygen atoms in total. The van der Waals surface area contributed by atoms with Gasteiger partial charge in [0.05, 0.1) is 10.7 Å². The predicted molar refractivity (Wildman–Crippen MR) is 90.0 cm³/mol. The lowest BCUT2D eigenvalue weighted by Gasteiger charge is -2.38. The summed E-state index contributed by atoms with van der Waals surface area (Å²) in [7, 11) is 2.10. The second kappa shape index (κ2) is 6.29. The van der Waals surface area contributed by atoms with E-state index >= 15 is 0 Å². The standard InChI is InChI=1S/C18H24N2S/c1-14-20-16(13-21-14)12-17(19-2)18(10-6-7-11-18)15-8-4-3-5-9-15/h3-5,8-9,13,17,19H,6-7,10-12H2,1-2H3. The molecule has 1 fully saturated rings. The van der Waals surface area contributed by atoms with Gasteiger partial charge in [0.2, 0.25) is 0 Å². The predicted octanol–water partition coefficient (Wildman–Crippen LogP) is 4.09. The number of aryl methyl sites for hydroxylation is 1. The maximum Gasteiger partial charge on any atom is 0.0897 e. The number of likely N-dealkylation sites (N-methyl/N-ethyl adjacent to an activating group) is 1. The molecule has 1 saturated carbocycles.